The quantitative estimate of drug-likeness (QED) is 0.332. The molecular formula is C17H18O7. The number of rotatable bonds is 7. The predicted octanol–water partition coefficient (Wildman–Crippen LogP) is 2.40. The van der Waals surface area contributed by atoms with E-state index in [0.717, 1.165) is 5.39 Å². The highest BCUT2D eigenvalue weighted by molar-refractivity contribution is 5.77. The maximum absolute atomic E-state index is 11.2. The van der Waals surface area contributed by atoms with Crippen LogP contribution >= 0.6 is 0 Å². The van der Waals surface area contributed by atoms with E-state index in [2.05, 4.69) is 0 Å². The van der Waals surface area contributed by atoms with E-state index >= 15 is 0 Å². The van der Waals surface area contributed by atoms with Gasteiger partial charge in [0.1, 0.15) is 11.3 Å². The highest BCUT2D eigenvalue weighted by atomic mass is 16.7. The van der Waals surface area contributed by atoms with Gasteiger partial charge in [-0.1, -0.05) is 0 Å². The zero-order valence-corrected chi connectivity index (χ0v) is 13.4. The lowest BCUT2D eigenvalue weighted by molar-refractivity contribution is -0.186. The molecule has 2 rings (SSSR count). The molecule has 1 aromatic heterocycles. The smallest absolute Gasteiger partial charge is 0.336 e. The number of esters is 2. The lowest BCUT2D eigenvalue weighted by Gasteiger charge is -2.16. The molecule has 0 spiro atoms. The highest BCUT2D eigenvalue weighted by Gasteiger charge is 2.14. The summed E-state index contributed by atoms with van der Waals surface area (Å²) in [5.74, 6) is -0.494. The SMILES string of the molecule is CC(=O)OC(CCCOc1ccc2ccc(=O)oc2c1)OC(C)=O. The second kappa shape index (κ2) is 8.14. The molecular weight excluding hydrogens is 316 g/mol. The van der Waals surface area contributed by atoms with Gasteiger partial charge in [-0.05, 0) is 24.6 Å². The molecule has 7 nitrogen and oxygen atoms in total. The van der Waals surface area contributed by atoms with Crippen molar-refractivity contribution in [2.24, 2.45) is 0 Å². The van der Waals surface area contributed by atoms with Crippen LogP contribution < -0.4 is 10.4 Å². The van der Waals surface area contributed by atoms with Gasteiger partial charge in [0.25, 0.3) is 0 Å². The molecule has 0 saturated carbocycles. The molecule has 1 aromatic carbocycles. The van der Waals surface area contributed by atoms with Gasteiger partial charge in [0.2, 0.25) is 6.29 Å². The van der Waals surface area contributed by atoms with E-state index in [1.54, 1.807) is 24.3 Å². The Morgan fingerprint density at radius 2 is 1.75 bits per heavy atom. The van der Waals surface area contributed by atoms with Crippen LogP contribution in [0.3, 0.4) is 0 Å². The van der Waals surface area contributed by atoms with Gasteiger partial charge < -0.3 is 18.6 Å². The molecule has 0 atom stereocenters. The zero-order chi connectivity index (χ0) is 17.5. The summed E-state index contributed by atoms with van der Waals surface area (Å²) < 4.78 is 20.4. The summed E-state index contributed by atoms with van der Waals surface area (Å²) in [5, 5.41) is 0.798. The third-order valence-electron chi connectivity index (χ3n) is 3.04. The molecule has 0 fully saturated rings. The molecule has 0 amide bonds. The van der Waals surface area contributed by atoms with Crippen LogP contribution in [0.5, 0.6) is 5.75 Å². The fraction of sp³-hybridized carbons (Fsp3) is 0.353. The van der Waals surface area contributed by atoms with E-state index in [1.807, 2.05) is 0 Å². The number of fused-ring (bicyclic) bond motifs is 1. The first-order valence-electron chi connectivity index (χ1n) is 7.45. The van der Waals surface area contributed by atoms with Crippen LogP contribution in [0.4, 0.5) is 0 Å². The molecule has 0 bridgehead atoms. The minimum absolute atomic E-state index is 0.321. The maximum atomic E-state index is 11.2. The number of hydrogen-bond acceptors (Lipinski definition) is 7. The zero-order valence-electron chi connectivity index (χ0n) is 13.4. The van der Waals surface area contributed by atoms with Crippen molar-refractivity contribution in [2.45, 2.75) is 33.0 Å². The van der Waals surface area contributed by atoms with Crippen LogP contribution in [0.2, 0.25) is 0 Å². The van der Waals surface area contributed by atoms with Gasteiger partial charge in [-0.3, -0.25) is 9.59 Å². The monoisotopic (exact) mass is 334 g/mol. The van der Waals surface area contributed by atoms with Crippen molar-refractivity contribution in [3.8, 4) is 5.75 Å². The third-order valence-corrected chi connectivity index (χ3v) is 3.04. The van der Waals surface area contributed by atoms with Gasteiger partial charge in [-0.15, -0.1) is 0 Å². The van der Waals surface area contributed by atoms with Gasteiger partial charge in [-0.2, -0.15) is 0 Å². The number of carbonyl (C=O) groups is 2. The average Bonchev–Trinajstić information content (AvgIpc) is 2.49. The Bertz CT molecular complexity index is 762. The molecule has 24 heavy (non-hydrogen) atoms. The highest BCUT2D eigenvalue weighted by Crippen LogP contribution is 2.19. The molecule has 2 aromatic rings. The Morgan fingerprint density at radius 1 is 1.08 bits per heavy atom. The second-order valence-corrected chi connectivity index (χ2v) is 5.09. The summed E-state index contributed by atoms with van der Waals surface area (Å²) >= 11 is 0. The van der Waals surface area contributed by atoms with E-state index in [1.165, 1.54) is 19.9 Å². The summed E-state index contributed by atoms with van der Waals surface area (Å²) in [4.78, 5) is 33.1. The molecule has 128 valence electrons. The first-order valence-corrected chi connectivity index (χ1v) is 7.45. The predicted molar refractivity (Wildman–Crippen MR) is 84.5 cm³/mol. The summed E-state index contributed by atoms with van der Waals surface area (Å²) in [6.45, 7) is 2.81. The lowest BCUT2D eigenvalue weighted by Crippen LogP contribution is -2.23. The van der Waals surface area contributed by atoms with E-state index < -0.39 is 23.9 Å². The van der Waals surface area contributed by atoms with E-state index in [4.69, 9.17) is 18.6 Å². The fourth-order valence-electron chi connectivity index (χ4n) is 2.08. The third kappa shape index (κ3) is 5.42. The lowest BCUT2D eigenvalue weighted by atomic mass is 10.2. The Kier molecular flexibility index (Phi) is 5.95. The first kappa shape index (κ1) is 17.5. The van der Waals surface area contributed by atoms with Gasteiger partial charge in [0.15, 0.2) is 0 Å². The molecule has 0 aliphatic carbocycles. The Hall–Kier alpha value is -2.83. The van der Waals surface area contributed by atoms with Crippen molar-refractivity contribution >= 4 is 22.9 Å². The number of hydrogen-bond donors (Lipinski definition) is 0. The summed E-state index contributed by atoms with van der Waals surface area (Å²) in [6, 6.07) is 8.21. The normalized spacial score (nSPS) is 10.6. The molecule has 0 aliphatic rings. The molecule has 1 heterocycles. The van der Waals surface area contributed by atoms with E-state index in [9.17, 15) is 14.4 Å². The molecule has 0 aliphatic heterocycles. The van der Waals surface area contributed by atoms with Crippen molar-refractivity contribution in [3.63, 3.8) is 0 Å². The largest absolute Gasteiger partial charge is 0.493 e. The molecule has 0 saturated heterocycles. The minimum atomic E-state index is -0.918. The van der Waals surface area contributed by atoms with Crippen LogP contribution in [0, 0.1) is 0 Å². The van der Waals surface area contributed by atoms with Crippen molar-refractivity contribution in [3.05, 3.63) is 40.8 Å². The van der Waals surface area contributed by atoms with E-state index in [-0.39, 0.29) is 0 Å². The Labute approximate surface area is 138 Å². The molecule has 0 radical (unpaired) electrons. The van der Waals surface area contributed by atoms with Gasteiger partial charge in [0, 0.05) is 37.8 Å². The molecule has 0 unspecified atom stereocenters. The molecule has 0 N–H and O–H groups in total. The van der Waals surface area contributed by atoms with Crippen molar-refractivity contribution in [1.29, 1.82) is 0 Å². The summed E-state index contributed by atoms with van der Waals surface area (Å²) in [6.07, 6.45) is -0.0951. The topological polar surface area (TPSA) is 92.0 Å². The van der Waals surface area contributed by atoms with Crippen LogP contribution in [-0.2, 0) is 19.1 Å². The van der Waals surface area contributed by atoms with Crippen LogP contribution in [0.15, 0.2) is 39.5 Å². The minimum Gasteiger partial charge on any atom is -0.493 e. The fourth-order valence-corrected chi connectivity index (χ4v) is 2.08. The van der Waals surface area contributed by atoms with Crippen LogP contribution in [0.25, 0.3) is 11.0 Å². The second-order valence-electron chi connectivity index (χ2n) is 5.09. The maximum Gasteiger partial charge on any atom is 0.336 e. The summed E-state index contributed by atoms with van der Waals surface area (Å²) in [5.41, 5.74) is 0.0166. The van der Waals surface area contributed by atoms with Crippen molar-refractivity contribution < 1.29 is 28.2 Å². The summed E-state index contributed by atoms with van der Waals surface area (Å²) in [7, 11) is 0. The average molecular weight is 334 g/mol. The number of carbonyl (C=O) groups excluding carboxylic acids is 2. The van der Waals surface area contributed by atoms with Gasteiger partial charge in [0.05, 0.1) is 6.61 Å². The van der Waals surface area contributed by atoms with Gasteiger partial charge in [-0.25, -0.2) is 4.79 Å². The van der Waals surface area contributed by atoms with Crippen molar-refractivity contribution in [2.75, 3.05) is 6.61 Å². The van der Waals surface area contributed by atoms with E-state index in [0.29, 0.717) is 30.8 Å². The standard InChI is InChI=1S/C17H18O7/c1-11(18)22-17(23-12(2)19)4-3-9-21-14-7-5-13-6-8-16(20)24-15(13)10-14/h5-8,10,17H,3-4,9H2,1-2H3. The van der Waals surface area contributed by atoms with Crippen molar-refractivity contribution in [1.82, 2.24) is 0 Å². The first-order chi connectivity index (χ1) is 11.4. The van der Waals surface area contributed by atoms with Crippen LogP contribution in [0.1, 0.15) is 26.7 Å². The molecule has 7 heteroatoms. The number of ether oxygens (including phenoxy) is 3. The van der Waals surface area contributed by atoms with Crippen LogP contribution in [-0.4, -0.2) is 24.8 Å². The Morgan fingerprint density at radius 3 is 2.42 bits per heavy atom. The van der Waals surface area contributed by atoms with Gasteiger partial charge >= 0.3 is 17.6 Å². The number of benzene rings is 1. The Balaban J connectivity index is 1.87.